The lowest BCUT2D eigenvalue weighted by atomic mass is 9.67. The third kappa shape index (κ3) is 2.47. The summed E-state index contributed by atoms with van der Waals surface area (Å²) in [4.78, 5) is 14.6. The lowest BCUT2D eigenvalue weighted by molar-refractivity contribution is 0.0591. The van der Waals surface area contributed by atoms with Gasteiger partial charge in [-0.1, -0.05) is 65.9 Å². The second kappa shape index (κ2) is 6.23. The van der Waals surface area contributed by atoms with Crippen LogP contribution in [0.2, 0.25) is 0 Å². The summed E-state index contributed by atoms with van der Waals surface area (Å²) in [6, 6.07) is 14.7. The lowest BCUT2D eigenvalue weighted by Gasteiger charge is -2.49. The molecule has 120 valence electrons. The first-order chi connectivity index (χ1) is 11.0. The van der Waals surface area contributed by atoms with Gasteiger partial charge in [0.25, 0.3) is 5.91 Å². The summed E-state index contributed by atoms with van der Waals surface area (Å²) in [5.74, 6) is -0.468. The summed E-state index contributed by atoms with van der Waals surface area (Å²) in [7, 11) is 1.82. The average Bonchev–Trinajstić information content (AvgIpc) is 2.59. The summed E-state index contributed by atoms with van der Waals surface area (Å²) < 4.78 is 14.6. The third-order valence-corrected chi connectivity index (χ3v) is 6.33. The summed E-state index contributed by atoms with van der Waals surface area (Å²) in [5, 5.41) is 0. The van der Waals surface area contributed by atoms with Crippen molar-refractivity contribution in [2.24, 2.45) is 0 Å². The number of carbonyl (C=O) groups is 1. The first-order valence-corrected chi connectivity index (χ1v) is 9.26. The molecule has 2 nitrogen and oxygen atoms in total. The van der Waals surface area contributed by atoms with Crippen molar-refractivity contribution in [3.05, 3.63) is 71.0 Å². The SMILES string of the molecule is CC[C@]1(CI)c2ccc(F)cc2C(=O)N(C)[C@@H]1c1ccccc1. The molecule has 0 bridgehead atoms. The van der Waals surface area contributed by atoms with Gasteiger partial charge in [-0.2, -0.15) is 0 Å². The smallest absolute Gasteiger partial charge is 0.254 e. The Morgan fingerprint density at radius 2 is 1.91 bits per heavy atom. The van der Waals surface area contributed by atoms with Crippen LogP contribution in [0.3, 0.4) is 0 Å². The molecule has 0 spiro atoms. The fourth-order valence-corrected chi connectivity index (χ4v) is 5.12. The Labute approximate surface area is 149 Å². The Hall–Kier alpha value is -1.43. The van der Waals surface area contributed by atoms with E-state index in [1.165, 1.54) is 12.1 Å². The van der Waals surface area contributed by atoms with Crippen LogP contribution in [-0.4, -0.2) is 22.3 Å². The van der Waals surface area contributed by atoms with Gasteiger partial charge in [0.1, 0.15) is 5.82 Å². The molecule has 2 aromatic rings. The molecule has 1 amide bonds. The second-order valence-electron chi connectivity index (χ2n) is 6.06. The molecule has 0 fully saturated rings. The van der Waals surface area contributed by atoms with E-state index in [9.17, 15) is 9.18 Å². The highest BCUT2D eigenvalue weighted by molar-refractivity contribution is 14.1. The number of likely N-dealkylation sites (N-methyl/N-ethyl adjacent to an activating group) is 1. The maximum Gasteiger partial charge on any atom is 0.254 e. The topological polar surface area (TPSA) is 20.3 Å². The Kier molecular flexibility index (Phi) is 4.45. The number of rotatable bonds is 3. The van der Waals surface area contributed by atoms with Crippen LogP contribution in [0.25, 0.3) is 0 Å². The van der Waals surface area contributed by atoms with E-state index in [1.54, 1.807) is 11.0 Å². The molecule has 1 aliphatic heterocycles. The van der Waals surface area contributed by atoms with Crippen LogP contribution in [0, 0.1) is 5.82 Å². The normalized spacial score (nSPS) is 23.7. The van der Waals surface area contributed by atoms with Gasteiger partial charge in [0.15, 0.2) is 0 Å². The first kappa shape index (κ1) is 16.4. The molecule has 23 heavy (non-hydrogen) atoms. The second-order valence-corrected chi connectivity index (χ2v) is 6.83. The number of alkyl halides is 1. The van der Waals surface area contributed by atoms with E-state index in [1.807, 2.05) is 25.2 Å². The average molecular weight is 423 g/mol. The molecular weight excluding hydrogens is 404 g/mol. The summed E-state index contributed by atoms with van der Waals surface area (Å²) in [6.45, 7) is 2.14. The van der Waals surface area contributed by atoms with Crippen LogP contribution in [0.5, 0.6) is 0 Å². The number of benzene rings is 2. The molecule has 0 aliphatic carbocycles. The molecule has 0 saturated heterocycles. The third-order valence-electron chi connectivity index (χ3n) is 4.96. The Balaban J connectivity index is 2.28. The van der Waals surface area contributed by atoms with Crippen molar-refractivity contribution in [2.75, 3.05) is 11.5 Å². The molecule has 4 heteroatoms. The van der Waals surface area contributed by atoms with Crippen molar-refractivity contribution in [2.45, 2.75) is 24.8 Å². The quantitative estimate of drug-likeness (QED) is 0.516. The van der Waals surface area contributed by atoms with E-state index in [0.717, 1.165) is 22.0 Å². The highest BCUT2D eigenvalue weighted by Crippen LogP contribution is 2.49. The first-order valence-electron chi connectivity index (χ1n) is 7.73. The minimum atomic E-state index is -0.359. The van der Waals surface area contributed by atoms with Gasteiger partial charge in [0.2, 0.25) is 0 Å². The van der Waals surface area contributed by atoms with Gasteiger partial charge in [-0.25, -0.2) is 4.39 Å². The fourth-order valence-electron chi connectivity index (χ4n) is 3.75. The van der Waals surface area contributed by atoms with E-state index in [2.05, 4.69) is 41.6 Å². The monoisotopic (exact) mass is 423 g/mol. The number of halogens is 2. The van der Waals surface area contributed by atoms with Crippen LogP contribution < -0.4 is 0 Å². The van der Waals surface area contributed by atoms with Gasteiger partial charge >= 0.3 is 0 Å². The van der Waals surface area contributed by atoms with Crippen molar-refractivity contribution in [3.8, 4) is 0 Å². The summed E-state index contributed by atoms with van der Waals surface area (Å²) in [5.41, 5.74) is 2.37. The molecule has 2 aromatic carbocycles. The molecule has 0 saturated carbocycles. The lowest BCUT2D eigenvalue weighted by Crippen LogP contribution is -2.51. The van der Waals surface area contributed by atoms with Crippen LogP contribution in [0.4, 0.5) is 4.39 Å². The molecule has 3 rings (SSSR count). The zero-order chi connectivity index (χ0) is 16.6. The molecule has 0 N–H and O–H groups in total. The van der Waals surface area contributed by atoms with Gasteiger partial charge in [-0.15, -0.1) is 0 Å². The predicted molar refractivity (Wildman–Crippen MR) is 98.5 cm³/mol. The number of nitrogens with zero attached hydrogens (tertiary/aromatic N) is 1. The maximum atomic E-state index is 13.7. The maximum absolute atomic E-state index is 13.7. The Morgan fingerprint density at radius 3 is 2.52 bits per heavy atom. The van der Waals surface area contributed by atoms with Gasteiger partial charge in [-0.3, -0.25) is 4.79 Å². The largest absolute Gasteiger partial charge is 0.334 e. The van der Waals surface area contributed by atoms with Crippen molar-refractivity contribution in [3.63, 3.8) is 0 Å². The Morgan fingerprint density at radius 1 is 1.22 bits per heavy atom. The van der Waals surface area contributed by atoms with Gasteiger partial charge < -0.3 is 4.90 Å². The standard InChI is InChI=1S/C19H19FINO/c1-3-19(12-21)16-10-9-14(20)11-15(16)18(23)22(2)17(19)13-7-5-4-6-8-13/h4-11,17H,3,12H2,1-2H3/t17-,19+/m1/s1. The number of fused-ring (bicyclic) bond motifs is 1. The van der Waals surface area contributed by atoms with Gasteiger partial charge in [0, 0.05) is 22.5 Å². The van der Waals surface area contributed by atoms with Gasteiger partial charge in [-0.05, 0) is 29.7 Å². The van der Waals surface area contributed by atoms with E-state index in [4.69, 9.17) is 0 Å². The molecule has 1 aliphatic rings. The number of amides is 1. The molecular formula is C19H19FINO. The number of hydrogen-bond donors (Lipinski definition) is 0. The number of carbonyl (C=O) groups excluding carboxylic acids is 1. The molecule has 2 atom stereocenters. The van der Waals surface area contributed by atoms with Gasteiger partial charge in [0.05, 0.1) is 6.04 Å². The highest BCUT2D eigenvalue weighted by atomic mass is 127. The van der Waals surface area contributed by atoms with Crippen LogP contribution in [0.15, 0.2) is 48.5 Å². The molecule has 0 radical (unpaired) electrons. The predicted octanol–water partition coefficient (Wildman–Crippen LogP) is 4.74. The fraction of sp³-hybridized carbons (Fsp3) is 0.316. The molecule has 0 aromatic heterocycles. The molecule has 1 heterocycles. The minimum absolute atomic E-state index is 0.0453. The van der Waals surface area contributed by atoms with Crippen LogP contribution in [0.1, 0.15) is 40.9 Å². The number of hydrogen-bond acceptors (Lipinski definition) is 1. The van der Waals surface area contributed by atoms with E-state index in [0.29, 0.717) is 5.56 Å². The van der Waals surface area contributed by atoms with Crippen molar-refractivity contribution < 1.29 is 9.18 Å². The van der Waals surface area contributed by atoms with Crippen LogP contribution in [-0.2, 0) is 5.41 Å². The van der Waals surface area contributed by atoms with Crippen molar-refractivity contribution in [1.82, 2.24) is 4.90 Å². The zero-order valence-electron chi connectivity index (χ0n) is 13.2. The van der Waals surface area contributed by atoms with E-state index >= 15 is 0 Å². The molecule has 0 unspecified atom stereocenters. The van der Waals surface area contributed by atoms with Crippen molar-refractivity contribution >= 4 is 28.5 Å². The van der Waals surface area contributed by atoms with E-state index < -0.39 is 0 Å². The summed E-state index contributed by atoms with van der Waals surface area (Å²) in [6.07, 6.45) is 0.881. The Bertz CT molecular complexity index is 727. The zero-order valence-corrected chi connectivity index (χ0v) is 15.4. The van der Waals surface area contributed by atoms with Crippen LogP contribution >= 0.6 is 22.6 Å². The minimum Gasteiger partial charge on any atom is -0.334 e. The van der Waals surface area contributed by atoms with E-state index in [-0.39, 0.29) is 23.2 Å². The highest BCUT2D eigenvalue weighted by Gasteiger charge is 2.48. The summed E-state index contributed by atoms with van der Waals surface area (Å²) >= 11 is 2.39. The van der Waals surface area contributed by atoms with Crippen molar-refractivity contribution in [1.29, 1.82) is 0 Å².